The van der Waals surface area contributed by atoms with Crippen molar-refractivity contribution >= 4 is 0 Å². The molecule has 0 heterocycles. The van der Waals surface area contributed by atoms with E-state index in [1.165, 1.54) is 0 Å². The topological polar surface area (TPSA) is 20.2 Å². The fourth-order valence-corrected chi connectivity index (χ4v) is 0.685. The van der Waals surface area contributed by atoms with Gasteiger partial charge in [-0.1, -0.05) is 32.4 Å². The van der Waals surface area contributed by atoms with Crippen LogP contribution in [0.5, 0.6) is 0 Å². The molecule has 1 heteroatoms. The summed E-state index contributed by atoms with van der Waals surface area (Å²) < 4.78 is 0. The highest BCUT2D eigenvalue weighted by molar-refractivity contribution is 4.86. The zero-order valence-corrected chi connectivity index (χ0v) is 6.30. The molecule has 1 unspecified atom stereocenters. The monoisotopic (exact) mass is 128 g/mol. The van der Waals surface area contributed by atoms with E-state index in [1.807, 2.05) is 12.2 Å². The highest BCUT2D eigenvalue weighted by Gasteiger charge is 1.92. The third kappa shape index (κ3) is 5.57. The minimum atomic E-state index is -0.213. The summed E-state index contributed by atoms with van der Waals surface area (Å²) in [6.07, 6.45) is 6.60. The molecule has 0 aliphatic heterocycles. The fraction of sp³-hybridized carbons (Fsp3) is 0.750. The van der Waals surface area contributed by atoms with Crippen LogP contribution in [0.25, 0.3) is 0 Å². The van der Waals surface area contributed by atoms with Gasteiger partial charge < -0.3 is 5.11 Å². The van der Waals surface area contributed by atoms with Gasteiger partial charge in [0.05, 0.1) is 6.10 Å². The maximum Gasteiger partial charge on any atom is 0.0720 e. The fourth-order valence-electron chi connectivity index (χ4n) is 0.685. The van der Waals surface area contributed by atoms with Crippen LogP contribution in [0.4, 0.5) is 0 Å². The van der Waals surface area contributed by atoms with E-state index in [1.54, 1.807) is 0 Å². The average Bonchev–Trinajstić information content (AvgIpc) is 1.85. The van der Waals surface area contributed by atoms with E-state index in [2.05, 4.69) is 13.8 Å². The quantitative estimate of drug-likeness (QED) is 0.575. The van der Waals surface area contributed by atoms with Gasteiger partial charge in [-0.3, -0.25) is 0 Å². The predicted octanol–water partition coefficient (Wildman–Crippen LogP) is 2.11. The molecule has 0 radical (unpaired) electrons. The molecule has 0 fully saturated rings. The van der Waals surface area contributed by atoms with Crippen molar-refractivity contribution in [2.45, 2.75) is 39.2 Å². The second kappa shape index (κ2) is 5.83. The molecule has 1 nitrogen and oxygen atoms in total. The Balaban J connectivity index is 3.25. The van der Waals surface area contributed by atoms with E-state index in [0.717, 1.165) is 19.3 Å². The van der Waals surface area contributed by atoms with E-state index >= 15 is 0 Å². The molecule has 9 heavy (non-hydrogen) atoms. The van der Waals surface area contributed by atoms with Gasteiger partial charge in [0.1, 0.15) is 0 Å². The summed E-state index contributed by atoms with van der Waals surface area (Å²) in [7, 11) is 0. The molecule has 0 saturated carbocycles. The summed E-state index contributed by atoms with van der Waals surface area (Å²) in [5, 5.41) is 9.09. The molecule has 1 atom stereocenters. The Bertz CT molecular complexity index is 76.6. The maximum atomic E-state index is 9.09. The standard InChI is InChI=1S/C8H16O/c1-3-5-7-8(9)6-4-2/h5,7-9H,3-4,6H2,1-2H3. The van der Waals surface area contributed by atoms with E-state index in [4.69, 9.17) is 5.11 Å². The molecule has 1 N–H and O–H groups in total. The van der Waals surface area contributed by atoms with Crippen LogP contribution in [-0.2, 0) is 0 Å². The molecule has 0 aliphatic carbocycles. The van der Waals surface area contributed by atoms with Gasteiger partial charge >= 0.3 is 0 Å². The van der Waals surface area contributed by atoms with Gasteiger partial charge in [0.2, 0.25) is 0 Å². The third-order valence-corrected chi connectivity index (χ3v) is 1.18. The first kappa shape index (κ1) is 8.70. The van der Waals surface area contributed by atoms with E-state index < -0.39 is 0 Å². The molecule has 0 aromatic rings. The maximum absolute atomic E-state index is 9.09. The Hall–Kier alpha value is -0.300. The second-order valence-electron chi connectivity index (χ2n) is 2.19. The minimum Gasteiger partial charge on any atom is -0.389 e. The third-order valence-electron chi connectivity index (χ3n) is 1.18. The molecule has 0 aromatic heterocycles. The zero-order valence-electron chi connectivity index (χ0n) is 6.30. The van der Waals surface area contributed by atoms with Crippen LogP contribution in [0.2, 0.25) is 0 Å². The lowest BCUT2D eigenvalue weighted by atomic mass is 10.2. The highest BCUT2D eigenvalue weighted by atomic mass is 16.3. The molecular formula is C8H16O. The van der Waals surface area contributed by atoms with Crippen LogP contribution in [0.15, 0.2) is 12.2 Å². The van der Waals surface area contributed by atoms with Gasteiger partial charge in [-0.25, -0.2) is 0 Å². The summed E-state index contributed by atoms with van der Waals surface area (Å²) in [4.78, 5) is 0. The number of rotatable bonds is 4. The summed E-state index contributed by atoms with van der Waals surface area (Å²) in [5.74, 6) is 0. The molecule has 0 rings (SSSR count). The molecule has 0 bridgehead atoms. The molecule has 0 saturated heterocycles. The Kier molecular flexibility index (Phi) is 5.64. The number of allylic oxidation sites excluding steroid dienone is 1. The van der Waals surface area contributed by atoms with Crippen molar-refractivity contribution < 1.29 is 5.11 Å². The lowest BCUT2D eigenvalue weighted by Crippen LogP contribution is -1.99. The molecule has 0 aromatic carbocycles. The Morgan fingerprint density at radius 3 is 2.56 bits per heavy atom. The number of hydrogen-bond acceptors (Lipinski definition) is 1. The van der Waals surface area contributed by atoms with Gasteiger partial charge in [0.25, 0.3) is 0 Å². The van der Waals surface area contributed by atoms with Crippen LogP contribution in [0.1, 0.15) is 33.1 Å². The van der Waals surface area contributed by atoms with Crippen molar-refractivity contribution in [1.29, 1.82) is 0 Å². The molecule has 54 valence electrons. The summed E-state index contributed by atoms with van der Waals surface area (Å²) in [6.45, 7) is 4.14. The van der Waals surface area contributed by atoms with Gasteiger partial charge in [0, 0.05) is 0 Å². The zero-order chi connectivity index (χ0) is 7.11. The lowest BCUT2D eigenvalue weighted by Gasteiger charge is -1.99. The molecular weight excluding hydrogens is 112 g/mol. The van der Waals surface area contributed by atoms with Crippen molar-refractivity contribution in [3.8, 4) is 0 Å². The van der Waals surface area contributed by atoms with E-state index in [-0.39, 0.29) is 6.10 Å². The number of hydrogen-bond donors (Lipinski definition) is 1. The van der Waals surface area contributed by atoms with Crippen molar-refractivity contribution in [3.05, 3.63) is 12.2 Å². The first-order chi connectivity index (χ1) is 4.31. The molecule has 0 aliphatic rings. The van der Waals surface area contributed by atoms with Crippen LogP contribution >= 0.6 is 0 Å². The number of aliphatic hydroxyl groups is 1. The summed E-state index contributed by atoms with van der Waals surface area (Å²) in [6, 6.07) is 0. The summed E-state index contributed by atoms with van der Waals surface area (Å²) >= 11 is 0. The van der Waals surface area contributed by atoms with Crippen molar-refractivity contribution in [1.82, 2.24) is 0 Å². The smallest absolute Gasteiger partial charge is 0.0720 e. The van der Waals surface area contributed by atoms with Gasteiger partial charge in [0.15, 0.2) is 0 Å². The summed E-state index contributed by atoms with van der Waals surface area (Å²) in [5.41, 5.74) is 0. The van der Waals surface area contributed by atoms with Crippen LogP contribution in [0.3, 0.4) is 0 Å². The van der Waals surface area contributed by atoms with Crippen molar-refractivity contribution in [3.63, 3.8) is 0 Å². The van der Waals surface area contributed by atoms with Crippen LogP contribution in [-0.4, -0.2) is 11.2 Å². The van der Waals surface area contributed by atoms with E-state index in [0.29, 0.717) is 0 Å². The van der Waals surface area contributed by atoms with Gasteiger partial charge in [-0.05, 0) is 12.8 Å². The number of aliphatic hydroxyl groups excluding tert-OH is 1. The lowest BCUT2D eigenvalue weighted by molar-refractivity contribution is 0.211. The SMILES string of the molecule is CCC=CC(O)CCC. The highest BCUT2D eigenvalue weighted by Crippen LogP contribution is 1.97. The Labute approximate surface area is 57.4 Å². The molecule has 0 amide bonds. The van der Waals surface area contributed by atoms with Crippen molar-refractivity contribution in [2.75, 3.05) is 0 Å². The Morgan fingerprint density at radius 1 is 1.44 bits per heavy atom. The first-order valence-electron chi connectivity index (χ1n) is 3.66. The van der Waals surface area contributed by atoms with Gasteiger partial charge in [-0.2, -0.15) is 0 Å². The van der Waals surface area contributed by atoms with E-state index in [9.17, 15) is 0 Å². The predicted molar refractivity (Wildman–Crippen MR) is 40.3 cm³/mol. The Morgan fingerprint density at radius 2 is 2.11 bits per heavy atom. The van der Waals surface area contributed by atoms with Gasteiger partial charge in [-0.15, -0.1) is 0 Å². The largest absolute Gasteiger partial charge is 0.389 e. The first-order valence-corrected chi connectivity index (χ1v) is 3.66. The second-order valence-corrected chi connectivity index (χ2v) is 2.19. The van der Waals surface area contributed by atoms with Crippen LogP contribution in [0, 0.1) is 0 Å². The normalized spacial score (nSPS) is 14.6. The molecule has 0 spiro atoms. The minimum absolute atomic E-state index is 0.213. The van der Waals surface area contributed by atoms with Crippen molar-refractivity contribution in [2.24, 2.45) is 0 Å². The average molecular weight is 128 g/mol. The van der Waals surface area contributed by atoms with Crippen LogP contribution < -0.4 is 0 Å².